The summed E-state index contributed by atoms with van der Waals surface area (Å²) in [6.45, 7) is 0.528. The van der Waals surface area contributed by atoms with Gasteiger partial charge in [0.15, 0.2) is 0 Å². The van der Waals surface area contributed by atoms with Crippen LogP contribution in [0.3, 0.4) is 0 Å². The lowest BCUT2D eigenvalue weighted by Gasteiger charge is -2.16. The molecule has 0 atom stereocenters. The van der Waals surface area contributed by atoms with Gasteiger partial charge in [0, 0.05) is 22.5 Å². The van der Waals surface area contributed by atoms with Crippen LogP contribution in [0.1, 0.15) is 16.1 Å². The van der Waals surface area contributed by atoms with E-state index in [1.807, 2.05) is 41.8 Å². The Kier molecular flexibility index (Phi) is 4.03. The molecule has 3 aromatic rings. The van der Waals surface area contributed by atoms with Gasteiger partial charge in [-0.1, -0.05) is 28.1 Å². The van der Waals surface area contributed by atoms with E-state index in [1.165, 1.54) is 11.3 Å². The molecule has 0 N–H and O–H groups in total. The van der Waals surface area contributed by atoms with Gasteiger partial charge in [0.1, 0.15) is 0 Å². The standard InChI is InChI=1S/C16H13BrN2OS/c1-19(8-15-9-21-10-18-15)16(20)13-3-2-12-7-14(17)5-4-11(12)6-13/h2-7,9-10H,8H2,1H3. The Morgan fingerprint density at radius 1 is 1.24 bits per heavy atom. The fourth-order valence-electron chi connectivity index (χ4n) is 2.20. The third-order valence-corrected chi connectivity index (χ3v) is 4.41. The number of hydrogen-bond donors (Lipinski definition) is 0. The molecule has 0 aliphatic heterocycles. The minimum atomic E-state index is 0.00724. The molecule has 0 aliphatic carbocycles. The lowest BCUT2D eigenvalue weighted by molar-refractivity contribution is 0.0784. The van der Waals surface area contributed by atoms with Crippen LogP contribution in [0.25, 0.3) is 10.8 Å². The van der Waals surface area contributed by atoms with Gasteiger partial charge < -0.3 is 4.90 Å². The average Bonchev–Trinajstić information content (AvgIpc) is 2.98. The van der Waals surface area contributed by atoms with E-state index in [0.717, 1.165) is 20.9 Å². The summed E-state index contributed by atoms with van der Waals surface area (Å²) in [4.78, 5) is 18.4. The molecule has 1 heterocycles. The second kappa shape index (κ2) is 5.95. The van der Waals surface area contributed by atoms with Gasteiger partial charge in [-0.25, -0.2) is 4.98 Å². The molecule has 0 fully saturated rings. The van der Waals surface area contributed by atoms with Gasteiger partial charge in [-0.2, -0.15) is 0 Å². The minimum absolute atomic E-state index is 0.00724. The van der Waals surface area contributed by atoms with Crippen molar-refractivity contribution in [3.63, 3.8) is 0 Å². The first-order chi connectivity index (χ1) is 10.1. The number of aromatic nitrogens is 1. The highest BCUT2D eigenvalue weighted by atomic mass is 79.9. The SMILES string of the molecule is CN(Cc1cscn1)C(=O)c1ccc2cc(Br)ccc2c1. The molecule has 0 unspecified atom stereocenters. The molecule has 21 heavy (non-hydrogen) atoms. The Balaban J connectivity index is 1.85. The van der Waals surface area contributed by atoms with Crippen molar-refractivity contribution in [2.24, 2.45) is 0 Å². The first-order valence-corrected chi connectivity index (χ1v) is 8.19. The molecular formula is C16H13BrN2OS. The maximum atomic E-state index is 12.5. The Morgan fingerprint density at radius 2 is 2.00 bits per heavy atom. The molecule has 0 bridgehead atoms. The van der Waals surface area contributed by atoms with Crippen LogP contribution < -0.4 is 0 Å². The molecule has 3 rings (SSSR count). The van der Waals surface area contributed by atoms with Crippen LogP contribution >= 0.6 is 27.3 Å². The molecule has 0 radical (unpaired) electrons. The topological polar surface area (TPSA) is 33.2 Å². The highest BCUT2D eigenvalue weighted by molar-refractivity contribution is 9.10. The second-order valence-corrected chi connectivity index (χ2v) is 6.48. The number of nitrogens with zero attached hydrogens (tertiary/aromatic N) is 2. The summed E-state index contributed by atoms with van der Waals surface area (Å²) in [5.74, 6) is 0.00724. The number of amides is 1. The van der Waals surface area contributed by atoms with Crippen LogP contribution in [-0.2, 0) is 6.54 Å². The predicted molar refractivity (Wildman–Crippen MR) is 89.6 cm³/mol. The van der Waals surface area contributed by atoms with E-state index in [0.29, 0.717) is 12.1 Å². The second-order valence-electron chi connectivity index (χ2n) is 4.85. The number of carbonyl (C=O) groups is 1. The average molecular weight is 361 g/mol. The zero-order valence-corrected chi connectivity index (χ0v) is 13.8. The quantitative estimate of drug-likeness (QED) is 0.696. The van der Waals surface area contributed by atoms with Crippen LogP contribution in [0.4, 0.5) is 0 Å². The first-order valence-electron chi connectivity index (χ1n) is 6.45. The first kappa shape index (κ1) is 14.2. The fourth-order valence-corrected chi connectivity index (χ4v) is 3.13. The molecular weight excluding hydrogens is 348 g/mol. The van der Waals surface area contributed by atoms with Gasteiger partial charge >= 0.3 is 0 Å². The molecule has 0 saturated heterocycles. The maximum absolute atomic E-state index is 12.5. The van der Waals surface area contributed by atoms with Crippen LogP contribution in [0, 0.1) is 0 Å². The number of benzene rings is 2. The molecule has 1 amide bonds. The molecule has 0 spiro atoms. The van der Waals surface area contributed by atoms with E-state index in [1.54, 1.807) is 17.5 Å². The van der Waals surface area contributed by atoms with Gasteiger partial charge in [0.25, 0.3) is 5.91 Å². The monoisotopic (exact) mass is 360 g/mol. The zero-order chi connectivity index (χ0) is 14.8. The molecule has 1 aromatic heterocycles. The van der Waals surface area contributed by atoms with E-state index >= 15 is 0 Å². The molecule has 0 saturated carbocycles. The van der Waals surface area contributed by atoms with E-state index < -0.39 is 0 Å². The number of hydrogen-bond acceptors (Lipinski definition) is 3. The number of rotatable bonds is 3. The number of halogens is 1. The Labute approximate surface area is 135 Å². The third kappa shape index (κ3) is 3.14. The number of fused-ring (bicyclic) bond motifs is 1. The largest absolute Gasteiger partial charge is 0.336 e. The van der Waals surface area contributed by atoms with Gasteiger partial charge in [0.05, 0.1) is 17.7 Å². The summed E-state index contributed by atoms with van der Waals surface area (Å²) in [5.41, 5.74) is 3.39. The van der Waals surface area contributed by atoms with Crippen LogP contribution in [0.15, 0.2) is 51.8 Å². The summed E-state index contributed by atoms with van der Waals surface area (Å²) in [5, 5.41) is 4.14. The fraction of sp³-hybridized carbons (Fsp3) is 0.125. The van der Waals surface area contributed by atoms with Crippen molar-refractivity contribution in [3.05, 3.63) is 63.0 Å². The van der Waals surface area contributed by atoms with Gasteiger partial charge in [0.2, 0.25) is 0 Å². The number of thiazole rings is 1. The zero-order valence-electron chi connectivity index (χ0n) is 11.4. The van der Waals surface area contributed by atoms with Gasteiger partial charge in [-0.3, -0.25) is 4.79 Å². The Hall–Kier alpha value is -1.72. The predicted octanol–water partition coefficient (Wildman–Crippen LogP) is 4.33. The summed E-state index contributed by atoms with van der Waals surface area (Å²) in [6, 6.07) is 11.8. The summed E-state index contributed by atoms with van der Waals surface area (Å²) < 4.78 is 1.04. The Morgan fingerprint density at radius 3 is 2.76 bits per heavy atom. The highest BCUT2D eigenvalue weighted by Crippen LogP contribution is 2.21. The van der Waals surface area contributed by atoms with Gasteiger partial charge in [-0.05, 0) is 35.0 Å². The Bertz CT molecular complexity index is 786. The lowest BCUT2D eigenvalue weighted by atomic mass is 10.1. The van der Waals surface area contributed by atoms with E-state index in [2.05, 4.69) is 20.9 Å². The van der Waals surface area contributed by atoms with Gasteiger partial charge in [-0.15, -0.1) is 11.3 Å². The van der Waals surface area contributed by atoms with Crippen molar-refractivity contribution in [1.29, 1.82) is 0 Å². The maximum Gasteiger partial charge on any atom is 0.253 e. The van der Waals surface area contributed by atoms with Crippen molar-refractivity contribution >= 4 is 43.9 Å². The number of carbonyl (C=O) groups excluding carboxylic acids is 1. The van der Waals surface area contributed by atoms with E-state index in [9.17, 15) is 4.79 Å². The van der Waals surface area contributed by atoms with Crippen LogP contribution in [0.2, 0.25) is 0 Å². The smallest absolute Gasteiger partial charge is 0.253 e. The van der Waals surface area contributed by atoms with Crippen LogP contribution in [0.5, 0.6) is 0 Å². The van der Waals surface area contributed by atoms with Crippen molar-refractivity contribution < 1.29 is 4.79 Å². The van der Waals surface area contributed by atoms with Crippen molar-refractivity contribution in [3.8, 4) is 0 Å². The molecule has 5 heteroatoms. The van der Waals surface area contributed by atoms with E-state index in [-0.39, 0.29) is 5.91 Å². The molecule has 3 nitrogen and oxygen atoms in total. The highest BCUT2D eigenvalue weighted by Gasteiger charge is 2.13. The lowest BCUT2D eigenvalue weighted by Crippen LogP contribution is -2.26. The van der Waals surface area contributed by atoms with Crippen molar-refractivity contribution in [1.82, 2.24) is 9.88 Å². The summed E-state index contributed by atoms with van der Waals surface area (Å²) >= 11 is 4.99. The minimum Gasteiger partial charge on any atom is -0.336 e. The third-order valence-electron chi connectivity index (χ3n) is 3.28. The normalized spacial score (nSPS) is 10.8. The van der Waals surface area contributed by atoms with Crippen molar-refractivity contribution in [2.45, 2.75) is 6.54 Å². The van der Waals surface area contributed by atoms with Crippen molar-refractivity contribution in [2.75, 3.05) is 7.05 Å². The summed E-state index contributed by atoms with van der Waals surface area (Å²) in [6.07, 6.45) is 0. The van der Waals surface area contributed by atoms with Crippen LogP contribution in [-0.4, -0.2) is 22.8 Å². The summed E-state index contributed by atoms with van der Waals surface area (Å²) in [7, 11) is 1.80. The molecule has 106 valence electrons. The van der Waals surface area contributed by atoms with E-state index in [4.69, 9.17) is 0 Å². The molecule has 2 aromatic carbocycles. The molecule has 0 aliphatic rings.